The molecule has 0 fully saturated rings. The molecule has 0 aromatic heterocycles. The molecule has 0 spiro atoms. The minimum Gasteiger partial charge on any atom is -0.374 e. The fourth-order valence-electron chi connectivity index (χ4n) is 0.502. The lowest BCUT2D eigenvalue weighted by molar-refractivity contribution is -0.244. The van der Waals surface area contributed by atoms with Crippen LogP contribution in [0.3, 0.4) is 0 Å². The number of ketones is 1. The largest absolute Gasteiger partial charge is 0.424 e. The number of carbonyl (C=O) groups is 1. The van der Waals surface area contributed by atoms with E-state index in [1.807, 2.05) is 0 Å². The Morgan fingerprint density at radius 1 is 1.45 bits per heavy atom. The van der Waals surface area contributed by atoms with E-state index in [0.717, 1.165) is 0 Å². The third-order valence-corrected chi connectivity index (χ3v) is 1.42. The van der Waals surface area contributed by atoms with Crippen molar-refractivity contribution in [1.29, 1.82) is 0 Å². The number of hydrogen-bond acceptors (Lipinski definition) is 2. The first-order valence-corrected chi connectivity index (χ1v) is 3.06. The lowest BCUT2D eigenvalue weighted by Gasteiger charge is -2.23. The number of halogens is 3. The fraction of sp³-hybridized carbons (Fsp3) is 0.833. The van der Waals surface area contributed by atoms with E-state index < -0.39 is 17.6 Å². The second-order valence-corrected chi connectivity index (χ2v) is 2.35. The molecule has 1 unspecified atom stereocenters. The maximum atomic E-state index is 11.8. The lowest BCUT2D eigenvalue weighted by Crippen LogP contribution is -2.48. The zero-order valence-electron chi connectivity index (χ0n) is 6.20. The molecule has 66 valence electrons. The van der Waals surface area contributed by atoms with Crippen LogP contribution in [-0.4, -0.2) is 22.7 Å². The van der Waals surface area contributed by atoms with Crippen LogP contribution in [-0.2, 0) is 4.79 Å². The highest BCUT2D eigenvalue weighted by Crippen LogP contribution is 2.31. The summed E-state index contributed by atoms with van der Waals surface area (Å²) in [7, 11) is 0. The lowest BCUT2D eigenvalue weighted by atomic mass is 9.99. The standard InChI is InChI=1S/C6H9F3O2/c1-3-4(10)5(2,11)6(7,8)9/h11H,3H2,1-2H3. The van der Waals surface area contributed by atoms with Crippen molar-refractivity contribution in [2.45, 2.75) is 32.0 Å². The van der Waals surface area contributed by atoms with Crippen molar-refractivity contribution in [3.8, 4) is 0 Å². The molecule has 0 saturated heterocycles. The summed E-state index contributed by atoms with van der Waals surface area (Å²) in [5.41, 5.74) is -3.19. The van der Waals surface area contributed by atoms with Crippen LogP contribution in [0, 0.1) is 0 Å². The smallest absolute Gasteiger partial charge is 0.374 e. The Labute approximate surface area is 62.0 Å². The molecule has 1 N–H and O–H groups in total. The van der Waals surface area contributed by atoms with E-state index in [-0.39, 0.29) is 6.42 Å². The van der Waals surface area contributed by atoms with Gasteiger partial charge in [0.25, 0.3) is 0 Å². The number of Topliss-reactive ketones (excluding diaryl/α,β-unsaturated/α-hetero) is 1. The molecule has 0 aliphatic heterocycles. The van der Waals surface area contributed by atoms with Gasteiger partial charge in [0, 0.05) is 6.42 Å². The summed E-state index contributed by atoms with van der Waals surface area (Å²) < 4.78 is 35.4. The van der Waals surface area contributed by atoms with Gasteiger partial charge in [-0.2, -0.15) is 13.2 Å². The molecule has 2 nitrogen and oxygen atoms in total. The van der Waals surface area contributed by atoms with Gasteiger partial charge < -0.3 is 5.11 Å². The van der Waals surface area contributed by atoms with Crippen molar-refractivity contribution in [2.24, 2.45) is 0 Å². The molecule has 0 radical (unpaired) electrons. The van der Waals surface area contributed by atoms with E-state index in [0.29, 0.717) is 6.92 Å². The van der Waals surface area contributed by atoms with E-state index in [9.17, 15) is 18.0 Å². The zero-order valence-corrected chi connectivity index (χ0v) is 6.20. The van der Waals surface area contributed by atoms with Gasteiger partial charge in [0.15, 0.2) is 5.78 Å². The average Bonchev–Trinajstić information content (AvgIpc) is 1.83. The van der Waals surface area contributed by atoms with Crippen LogP contribution in [0.1, 0.15) is 20.3 Å². The predicted octanol–water partition coefficient (Wildman–Crippen LogP) is 1.28. The summed E-state index contributed by atoms with van der Waals surface area (Å²) in [4.78, 5) is 10.5. The number of alkyl halides is 3. The van der Waals surface area contributed by atoms with E-state index in [1.54, 1.807) is 0 Å². The van der Waals surface area contributed by atoms with Crippen LogP contribution in [0.4, 0.5) is 13.2 Å². The molecule has 0 aliphatic rings. The average molecular weight is 170 g/mol. The third kappa shape index (κ3) is 1.92. The molecule has 0 heterocycles. The molecule has 1 atom stereocenters. The van der Waals surface area contributed by atoms with E-state index in [4.69, 9.17) is 5.11 Å². The molecule has 0 rings (SSSR count). The molecule has 0 amide bonds. The number of carbonyl (C=O) groups excluding carboxylic acids is 1. The highest BCUT2D eigenvalue weighted by atomic mass is 19.4. The van der Waals surface area contributed by atoms with Crippen molar-refractivity contribution >= 4 is 5.78 Å². The van der Waals surface area contributed by atoms with Crippen LogP contribution >= 0.6 is 0 Å². The van der Waals surface area contributed by atoms with Crippen molar-refractivity contribution in [1.82, 2.24) is 0 Å². The zero-order chi connectivity index (χ0) is 9.28. The first-order valence-electron chi connectivity index (χ1n) is 3.06. The Hall–Kier alpha value is -0.580. The van der Waals surface area contributed by atoms with Crippen molar-refractivity contribution in [3.63, 3.8) is 0 Å². The van der Waals surface area contributed by atoms with E-state index in [1.165, 1.54) is 6.92 Å². The molecular weight excluding hydrogens is 161 g/mol. The van der Waals surface area contributed by atoms with Gasteiger partial charge >= 0.3 is 6.18 Å². The maximum Gasteiger partial charge on any atom is 0.424 e. The third-order valence-electron chi connectivity index (χ3n) is 1.42. The van der Waals surface area contributed by atoms with E-state index >= 15 is 0 Å². The van der Waals surface area contributed by atoms with Crippen molar-refractivity contribution in [3.05, 3.63) is 0 Å². The summed E-state index contributed by atoms with van der Waals surface area (Å²) >= 11 is 0. The van der Waals surface area contributed by atoms with Gasteiger partial charge in [0.2, 0.25) is 5.60 Å². The Balaban J connectivity index is 4.59. The highest BCUT2D eigenvalue weighted by molar-refractivity contribution is 5.87. The molecule has 0 saturated carbocycles. The van der Waals surface area contributed by atoms with Gasteiger partial charge in [-0.1, -0.05) is 6.92 Å². The molecule has 0 aliphatic carbocycles. The first kappa shape index (κ1) is 10.4. The van der Waals surface area contributed by atoms with Crippen molar-refractivity contribution < 1.29 is 23.1 Å². The second-order valence-electron chi connectivity index (χ2n) is 2.35. The summed E-state index contributed by atoms with van der Waals surface area (Å²) in [5, 5.41) is 8.64. The summed E-state index contributed by atoms with van der Waals surface area (Å²) in [6, 6.07) is 0. The van der Waals surface area contributed by atoms with Gasteiger partial charge in [-0.25, -0.2) is 0 Å². The normalized spacial score (nSPS) is 17.6. The minimum absolute atomic E-state index is 0.327. The molecule has 0 aromatic rings. The van der Waals surface area contributed by atoms with Gasteiger partial charge in [0.1, 0.15) is 0 Å². The number of hydrogen-bond donors (Lipinski definition) is 1. The van der Waals surface area contributed by atoms with Crippen LogP contribution < -0.4 is 0 Å². The Morgan fingerprint density at radius 3 is 1.91 bits per heavy atom. The SMILES string of the molecule is CCC(=O)C(C)(O)C(F)(F)F. The molecule has 11 heavy (non-hydrogen) atoms. The van der Waals surface area contributed by atoms with Gasteiger partial charge in [-0.15, -0.1) is 0 Å². The topological polar surface area (TPSA) is 37.3 Å². The van der Waals surface area contributed by atoms with Crippen LogP contribution in [0.5, 0.6) is 0 Å². The molecule has 5 heteroatoms. The second kappa shape index (κ2) is 2.81. The van der Waals surface area contributed by atoms with E-state index in [2.05, 4.69) is 0 Å². The summed E-state index contributed by atoms with van der Waals surface area (Å²) in [6.45, 7) is 1.72. The van der Waals surface area contributed by atoms with Gasteiger partial charge in [-0.05, 0) is 6.92 Å². The van der Waals surface area contributed by atoms with Gasteiger partial charge in [-0.3, -0.25) is 4.79 Å². The maximum absolute atomic E-state index is 11.8. The predicted molar refractivity (Wildman–Crippen MR) is 32.0 cm³/mol. The Morgan fingerprint density at radius 2 is 1.82 bits per heavy atom. The van der Waals surface area contributed by atoms with Crippen LogP contribution in [0.2, 0.25) is 0 Å². The van der Waals surface area contributed by atoms with Crippen LogP contribution in [0.15, 0.2) is 0 Å². The Bertz CT molecular complexity index is 160. The molecule has 0 aromatic carbocycles. The molecular formula is C6H9F3O2. The summed E-state index contributed by atoms with van der Waals surface area (Å²) in [6.07, 6.45) is -5.20. The quantitative estimate of drug-likeness (QED) is 0.677. The first-order chi connectivity index (χ1) is 4.73. The van der Waals surface area contributed by atoms with Gasteiger partial charge in [0.05, 0.1) is 0 Å². The van der Waals surface area contributed by atoms with Crippen LogP contribution in [0.25, 0.3) is 0 Å². The highest BCUT2D eigenvalue weighted by Gasteiger charge is 2.54. The minimum atomic E-state index is -4.87. The van der Waals surface area contributed by atoms with Crippen molar-refractivity contribution in [2.75, 3.05) is 0 Å². The monoisotopic (exact) mass is 170 g/mol. The fourth-order valence-corrected chi connectivity index (χ4v) is 0.502. The number of rotatable bonds is 2. The molecule has 0 bridgehead atoms. The summed E-state index contributed by atoms with van der Waals surface area (Å²) in [5.74, 6) is -1.22. The number of aliphatic hydroxyl groups is 1. The Kier molecular flexibility index (Phi) is 2.66.